The predicted molar refractivity (Wildman–Crippen MR) is 124 cm³/mol. The van der Waals surface area contributed by atoms with Crippen molar-refractivity contribution in [1.29, 1.82) is 0 Å². The van der Waals surface area contributed by atoms with Crippen molar-refractivity contribution in [2.75, 3.05) is 23.4 Å². The van der Waals surface area contributed by atoms with E-state index in [0.29, 0.717) is 28.5 Å². The Bertz CT molecular complexity index is 1150. The minimum absolute atomic E-state index is 0.125. The number of carbonyl (C=O) groups excluding carboxylic acids is 1. The highest BCUT2D eigenvalue weighted by molar-refractivity contribution is 6.07. The summed E-state index contributed by atoms with van der Waals surface area (Å²) in [5.74, 6) is 0.143. The average molecular weight is 451 g/mol. The molecule has 0 bridgehead atoms. The minimum atomic E-state index is -0.560. The van der Waals surface area contributed by atoms with Crippen molar-refractivity contribution in [3.8, 4) is 11.5 Å². The van der Waals surface area contributed by atoms with Crippen molar-refractivity contribution >= 4 is 23.1 Å². The van der Waals surface area contributed by atoms with Crippen LogP contribution >= 0.6 is 0 Å². The molecular formula is C25H26FN3O4. The summed E-state index contributed by atoms with van der Waals surface area (Å²) in [6, 6.07) is 12.9. The van der Waals surface area contributed by atoms with Crippen LogP contribution in [-0.4, -0.2) is 41.4 Å². The number of halogens is 1. The maximum absolute atomic E-state index is 14.3. The lowest BCUT2D eigenvalue weighted by molar-refractivity contribution is 0.102. The minimum Gasteiger partial charge on any atom is -0.488 e. The first-order chi connectivity index (χ1) is 15.9. The van der Waals surface area contributed by atoms with Crippen molar-refractivity contribution in [3.05, 3.63) is 71.7 Å². The molecular weight excluding hydrogens is 425 g/mol. The second-order valence-electron chi connectivity index (χ2n) is 8.13. The lowest BCUT2D eigenvalue weighted by atomic mass is 10.1. The molecule has 2 heterocycles. The summed E-state index contributed by atoms with van der Waals surface area (Å²) in [6.45, 7) is 5.60. The highest BCUT2D eigenvalue weighted by Crippen LogP contribution is 2.41. The van der Waals surface area contributed by atoms with E-state index in [0.717, 1.165) is 5.56 Å². The number of ether oxygens (including phenoxy) is 2. The fourth-order valence-electron chi connectivity index (χ4n) is 3.67. The lowest BCUT2D eigenvalue weighted by Gasteiger charge is -2.37. The van der Waals surface area contributed by atoms with Crippen LogP contribution < -0.4 is 19.7 Å². The van der Waals surface area contributed by atoms with E-state index in [1.807, 2.05) is 43.9 Å². The Morgan fingerprint density at radius 1 is 1.30 bits per heavy atom. The van der Waals surface area contributed by atoms with Gasteiger partial charge < -0.3 is 24.8 Å². The van der Waals surface area contributed by atoms with Gasteiger partial charge in [0.2, 0.25) is 0 Å². The van der Waals surface area contributed by atoms with E-state index in [1.54, 1.807) is 24.4 Å². The molecule has 4 rings (SSSR count). The number of carbonyl (C=O) groups is 1. The lowest BCUT2D eigenvalue weighted by Crippen LogP contribution is -2.43. The number of aryl methyl sites for hydroxylation is 1. The summed E-state index contributed by atoms with van der Waals surface area (Å²) in [6.07, 6.45) is 1.58. The predicted octanol–water partition coefficient (Wildman–Crippen LogP) is 4.46. The molecule has 0 aliphatic carbocycles. The molecule has 0 unspecified atom stereocenters. The SMILES string of the molecule is Cc1ccc(N2c3cccc(C(=O)Nc4ccc(OC(C)C)c(F)c4)c3OC[C@@H]2CO)nc1. The molecule has 8 heteroatoms. The number of nitrogens with one attached hydrogen (secondary N) is 1. The van der Waals surface area contributed by atoms with Gasteiger partial charge in [0.1, 0.15) is 12.4 Å². The molecule has 1 aromatic heterocycles. The molecule has 0 saturated carbocycles. The molecule has 0 radical (unpaired) electrons. The molecule has 2 aromatic carbocycles. The number of amides is 1. The van der Waals surface area contributed by atoms with E-state index in [2.05, 4.69) is 10.3 Å². The molecule has 1 amide bonds. The molecule has 0 spiro atoms. The van der Waals surface area contributed by atoms with Gasteiger partial charge in [-0.05, 0) is 56.7 Å². The first-order valence-corrected chi connectivity index (χ1v) is 10.7. The zero-order chi connectivity index (χ0) is 23.5. The summed E-state index contributed by atoms with van der Waals surface area (Å²) < 4.78 is 25.6. The van der Waals surface area contributed by atoms with Crippen LogP contribution in [0, 0.1) is 12.7 Å². The molecule has 2 N–H and O–H groups in total. The van der Waals surface area contributed by atoms with Crippen molar-refractivity contribution in [2.24, 2.45) is 0 Å². The number of benzene rings is 2. The number of rotatable bonds is 6. The largest absolute Gasteiger partial charge is 0.488 e. The Morgan fingerprint density at radius 2 is 2.12 bits per heavy atom. The Balaban J connectivity index is 1.64. The normalized spacial score (nSPS) is 15.1. The fraction of sp³-hybridized carbons (Fsp3) is 0.280. The van der Waals surface area contributed by atoms with E-state index in [-0.39, 0.29) is 31.1 Å². The monoisotopic (exact) mass is 451 g/mol. The highest BCUT2D eigenvalue weighted by atomic mass is 19.1. The van der Waals surface area contributed by atoms with E-state index in [9.17, 15) is 14.3 Å². The first kappa shape index (κ1) is 22.5. The van der Waals surface area contributed by atoms with E-state index >= 15 is 0 Å². The zero-order valence-corrected chi connectivity index (χ0v) is 18.7. The Morgan fingerprint density at radius 3 is 2.79 bits per heavy atom. The summed E-state index contributed by atoms with van der Waals surface area (Å²) in [7, 11) is 0. The Hall–Kier alpha value is -3.65. The number of aromatic nitrogens is 1. The van der Waals surface area contributed by atoms with Gasteiger partial charge in [-0.3, -0.25) is 4.79 Å². The maximum atomic E-state index is 14.3. The van der Waals surface area contributed by atoms with Crippen molar-refractivity contribution in [1.82, 2.24) is 4.98 Å². The van der Waals surface area contributed by atoms with Gasteiger partial charge in [0.25, 0.3) is 5.91 Å². The third-order valence-corrected chi connectivity index (χ3v) is 5.19. The summed E-state index contributed by atoms with van der Waals surface area (Å²) >= 11 is 0. The Kier molecular flexibility index (Phi) is 6.46. The molecule has 7 nitrogen and oxygen atoms in total. The number of pyridine rings is 1. The smallest absolute Gasteiger partial charge is 0.259 e. The van der Waals surface area contributed by atoms with Gasteiger partial charge >= 0.3 is 0 Å². The second-order valence-corrected chi connectivity index (χ2v) is 8.13. The van der Waals surface area contributed by atoms with Crippen LogP contribution in [0.25, 0.3) is 0 Å². The van der Waals surface area contributed by atoms with Gasteiger partial charge in [-0.25, -0.2) is 9.37 Å². The van der Waals surface area contributed by atoms with Gasteiger partial charge in [0.05, 0.1) is 30.0 Å². The molecule has 1 aliphatic heterocycles. The topological polar surface area (TPSA) is 83.9 Å². The van der Waals surface area contributed by atoms with Gasteiger partial charge in [-0.1, -0.05) is 12.1 Å². The van der Waals surface area contributed by atoms with Crippen LogP contribution in [0.5, 0.6) is 11.5 Å². The van der Waals surface area contributed by atoms with Crippen LogP contribution in [0.15, 0.2) is 54.7 Å². The van der Waals surface area contributed by atoms with Crippen molar-refractivity contribution in [2.45, 2.75) is 32.9 Å². The van der Waals surface area contributed by atoms with Gasteiger partial charge in [-0.2, -0.15) is 0 Å². The molecule has 0 saturated heterocycles. The second kappa shape index (κ2) is 9.46. The van der Waals surface area contributed by atoms with Crippen LogP contribution in [-0.2, 0) is 0 Å². The molecule has 172 valence electrons. The van der Waals surface area contributed by atoms with E-state index < -0.39 is 11.7 Å². The van der Waals surface area contributed by atoms with Gasteiger partial charge in [0.15, 0.2) is 17.3 Å². The number of aliphatic hydroxyl groups excluding tert-OH is 1. The molecule has 1 atom stereocenters. The number of aliphatic hydroxyl groups is 1. The third-order valence-electron chi connectivity index (χ3n) is 5.19. The van der Waals surface area contributed by atoms with Crippen molar-refractivity contribution < 1.29 is 23.8 Å². The average Bonchev–Trinajstić information content (AvgIpc) is 2.80. The summed E-state index contributed by atoms with van der Waals surface area (Å²) in [4.78, 5) is 19.4. The summed E-state index contributed by atoms with van der Waals surface area (Å²) in [5, 5.41) is 12.6. The van der Waals surface area contributed by atoms with Gasteiger partial charge in [0, 0.05) is 18.0 Å². The first-order valence-electron chi connectivity index (χ1n) is 10.7. The number of fused-ring (bicyclic) bond motifs is 1. The molecule has 33 heavy (non-hydrogen) atoms. The van der Waals surface area contributed by atoms with Crippen LogP contribution in [0.3, 0.4) is 0 Å². The fourth-order valence-corrected chi connectivity index (χ4v) is 3.67. The van der Waals surface area contributed by atoms with Crippen LogP contribution in [0.1, 0.15) is 29.8 Å². The number of hydrogen-bond acceptors (Lipinski definition) is 6. The number of anilines is 3. The number of nitrogens with zero attached hydrogens (tertiary/aromatic N) is 2. The molecule has 1 aliphatic rings. The standard InChI is InChI=1S/C25H26FN3O4/c1-15(2)33-22-9-8-17(11-20(22)26)28-25(31)19-5-4-6-21-24(19)32-14-18(13-30)29(21)23-10-7-16(3)12-27-23/h4-12,15,18,30H,13-14H2,1-3H3,(H,28,31)/t18-/m0/s1. The third kappa shape index (κ3) is 4.75. The summed E-state index contributed by atoms with van der Waals surface area (Å²) in [5.41, 5.74) is 2.23. The van der Waals surface area contributed by atoms with Crippen LogP contribution in [0.4, 0.5) is 21.6 Å². The van der Waals surface area contributed by atoms with Gasteiger partial charge in [-0.15, -0.1) is 0 Å². The zero-order valence-electron chi connectivity index (χ0n) is 18.7. The maximum Gasteiger partial charge on any atom is 0.259 e. The molecule has 3 aromatic rings. The number of para-hydroxylation sites is 1. The Labute approximate surface area is 191 Å². The van der Waals surface area contributed by atoms with E-state index in [1.165, 1.54) is 12.1 Å². The molecule has 0 fully saturated rings. The highest BCUT2D eigenvalue weighted by Gasteiger charge is 2.32. The van der Waals surface area contributed by atoms with E-state index in [4.69, 9.17) is 9.47 Å². The number of hydrogen-bond donors (Lipinski definition) is 2. The quantitative estimate of drug-likeness (QED) is 0.576. The van der Waals surface area contributed by atoms with Crippen molar-refractivity contribution in [3.63, 3.8) is 0 Å². The van der Waals surface area contributed by atoms with Crippen LogP contribution in [0.2, 0.25) is 0 Å².